The molecule has 1 aromatic carbocycles. The van der Waals surface area contributed by atoms with Crippen LogP contribution in [-0.4, -0.2) is 19.6 Å². The van der Waals surface area contributed by atoms with Crippen LogP contribution >= 0.6 is 0 Å². The lowest BCUT2D eigenvalue weighted by Gasteiger charge is -2.21. The highest BCUT2D eigenvalue weighted by Crippen LogP contribution is 2.19. The number of nitrogens with zero attached hydrogens (tertiary/aromatic N) is 1. The molecule has 0 amide bonds. The molecule has 0 radical (unpaired) electrons. The number of benzene rings is 1. The van der Waals surface area contributed by atoms with Gasteiger partial charge in [0.2, 0.25) is 0 Å². The van der Waals surface area contributed by atoms with E-state index in [0.717, 1.165) is 6.54 Å². The van der Waals surface area contributed by atoms with Gasteiger partial charge in [-0.15, -0.1) is 0 Å². The molecular weight excluding hydrogens is 184 g/mol. The first-order valence-electron chi connectivity index (χ1n) is 5.57. The molecular formula is C13H22N2. The van der Waals surface area contributed by atoms with Crippen molar-refractivity contribution in [1.29, 1.82) is 0 Å². The molecule has 0 aliphatic heterocycles. The van der Waals surface area contributed by atoms with Crippen molar-refractivity contribution in [3.8, 4) is 0 Å². The predicted molar refractivity (Wildman–Crippen MR) is 67.5 cm³/mol. The van der Waals surface area contributed by atoms with Crippen LogP contribution in [0.5, 0.6) is 0 Å². The molecule has 0 heterocycles. The van der Waals surface area contributed by atoms with Crippen molar-refractivity contribution in [2.45, 2.75) is 32.7 Å². The minimum absolute atomic E-state index is 0.208. The first-order chi connectivity index (χ1) is 7.00. The Hall–Kier alpha value is -1.02. The monoisotopic (exact) mass is 206 g/mol. The topological polar surface area (TPSA) is 29.3 Å². The van der Waals surface area contributed by atoms with Crippen LogP contribution in [-0.2, 0) is 0 Å². The highest BCUT2D eigenvalue weighted by atomic mass is 15.1. The molecule has 1 aromatic rings. The molecule has 84 valence electrons. The van der Waals surface area contributed by atoms with Crippen LogP contribution in [0.2, 0.25) is 0 Å². The molecule has 2 nitrogen and oxygen atoms in total. The normalized spacial score (nSPS) is 12.9. The second-order valence-electron chi connectivity index (χ2n) is 4.60. The van der Waals surface area contributed by atoms with Gasteiger partial charge in [0.05, 0.1) is 0 Å². The minimum Gasteiger partial charge on any atom is -0.373 e. The maximum Gasteiger partial charge on any atom is 0.0364 e. The summed E-state index contributed by atoms with van der Waals surface area (Å²) in [5, 5.41) is 0. The zero-order valence-electron chi connectivity index (χ0n) is 10.2. The zero-order chi connectivity index (χ0) is 11.4. The molecule has 1 atom stereocenters. The largest absolute Gasteiger partial charge is 0.373 e. The van der Waals surface area contributed by atoms with Crippen LogP contribution in [0.15, 0.2) is 24.3 Å². The zero-order valence-corrected chi connectivity index (χ0v) is 10.2. The Balaban J connectivity index is 2.71. The Morgan fingerprint density at radius 2 is 1.67 bits per heavy atom. The van der Waals surface area contributed by atoms with Crippen molar-refractivity contribution in [3.05, 3.63) is 29.8 Å². The minimum atomic E-state index is 0.208. The Bertz CT molecular complexity index is 288. The standard InChI is InChI=1S/C13H22N2/c1-10(2)12-5-7-13(8-6-12)15(4)9-11(3)14/h5-8,10-11H,9,14H2,1-4H3. The summed E-state index contributed by atoms with van der Waals surface area (Å²) in [6, 6.07) is 8.92. The van der Waals surface area contributed by atoms with Crippen LogP contribution in [0.25, 0.3) is 0 Å². The van der Waals surface area contributed by atoms with Crippen LogP contribution < -0.4 is 10.6 Å². The highest BCUT2D eigenvalue weighted by molar-refractivity contribution is 5.47. The van der Waals surface area contributed by atoms with E-state index in [9.17, 15) is 0 Å². The third kappa shape index (κ3) is 3.56. The van der Waals surface area contributed by atoms with Crippen molar-refractivity contribution >= 4 is 5.69 Å². The molecule has 1 rings (SSSR count). The number of nitrogens with two attached hydrogens (primary N) is 1. The molecule has 2 heteroatoms. The van der Waals surface area contributed by atoms with Gasteiger partial charge in [-0.1, -0.05) is 26.0 Å². The van der Waals surface area contributed by atoms with Crippen molar-refractivity contribution < 1.29 is 0 Å². The van der Waals surface area contributed by atoms with E-state index in [1.807, 2.05) is 6.92 Å². The molecule has 0 fully saturated rings. The fourth-order valence-corrected chi connectivity index (χ4v) is 1.65. The van der Waals surface area contributed by atoms with Gasteiger partial charge in [0.25, 0.3) is 0 Å². The fourth-order valence-electron chi connectivity index (χ4n) is 1.65. The van der Waals surface area contributed by atoms with Gasteiger partial charge in [0.1, 0.15) is 0 Å². The van der Waals surface area contributed by atoms with E-state index >= 15 is 0 Å². The van der Waals surface area contributed by atoms with Crippen molar-refractivity contribution in [1.82, 2.24) is 0 Å². The second-order valence-corrected chi connectivity index (χ2v) is 4.60. The summed E-state index contributed by atoms with van der Waals surface area (Å²) in [5.74, 6) is 0.595. The SMILES string of the molecule is CC(N)CN(C)c1ccc(C(C)C)cc1. The van der Waals surface area contributed by atoms with E-state index in [1.54, 1.807) is 0 Å². The lowest BCUT2D eigenvalue weighted by Crippen LogP contribution is -2.32. The average Bonchev–Trinajstić information content (AvgIpc) is 2.17. The first kappa shape index (κ1) is 12.1. The summed E-state index contributed by atoms with van der Waals surface area (Å²) < 4.78 is 0. The smallest absolute Gasteiger partial charge is 0.0364 e. The van der Waals surface area contributed by atoms with E-state index in [4.69, 9.17) is 5.73 Å². The molecule has 1 unspecified atom stereocenters. The summed E-state index contributed by atoms with van der Waals surface area (Å²) in [4.78, 5) is 2.19. The van der Waals surface area contributed by atoms with Crippen molar-refractivity contribution in [3.63, 3.8) is 0 Å². The van der Waals surface area contributed by atoms with Gasteiger partial charge in [-0.25, -0.2) is 0 Å². The summed E-state index contributed by atoms with van der Waals surface area (Å²) >= 11 is 0. The van der Waals surface area contributed by atoms with Crippen LogP contribution in [0.1, 0.15) is 32.3 Å². The molecule has 0 aliphatic carbocycles. The summed E-state index contributed by atoms with van der Waals surface area (Å²) in [7, 11) is 2.08. The Morgan fingerprint density at radius 3 is 2.07 bits per heavy atom. The highest BCUT2D eigenvalue weighted by Gasteiger charge is 2.04. The first-order valence-corrected chi connectivity index (χ1v) is 5.57. The molecule has 15 heavy (non-hydrogen) atoms. The van der Waals surface area contributed by atoms with Gasteiger partial charge < -0.3 is 10.6 Å². The summed E-state index contributed by atoms with van der Waals surface area (Å²) in [6.07, 6.45) is 0. The summed E-state index contributed by atoms with van der Waals surface area (Å²) in [6.45, 7) is 7.33. The predicted octanol–water partition coefficient (Wildman–Crippen LogP) is 2.59. The van der Waals surface area contributed by atoms with Crippen molar-refractivity contribution in [2.24, 2.45) is 5.73 Å². The number of hydrogen-bond donors (Lipinski definition) is 1. The number of rotatable bonds is 4. The van der Waals surface area contributed by atoms with Gasteiger partial charge >= 0.3 is 0 Å². The number of hydrogen-bond acceptors (Lipinski definition) is 2. The van der Waals surface area contributed by atoms with Gasteiger partial charge in [-0.3, -0.25) is 0 Å². The van der Waals surface area contributed by atoms with Crippen LogP contribution in [0.4, 0.5) is 5.69 Å². The average molecular weight is 206 g/mol. The van der Waals surface area contributed by atoms with E-state index < -0.39 is 0 Å². The number of likely N-dealkylation sites (N-methyl/N-ethyl adjacent to an activating group) is 1. The molecule has 0 saturated heterocycles. The molecule has 0 spiro atoms. The number of anilines is 1. The molecule has 0 bridgehead atoms. The molecule has 2 N–H and O–H groups in total. The lowest BCUT2D eigenvalue weighted by atomic mass is 10.0. The third-order valence-electron chi connectivity index (χ3n) is 2.56. The quantitative estimate of drug-likeness (QED) is 0.820. The van der Waals surface area contributed by atoms with E-state index in [2.05, 4.69) is 50.1 Å². The second kappa shape index (κ2) is 5.17. The van der Waals surface area contributed by atoms with Crippen molar-refractivity contribution in [2.75, 3.05) is 18.5 Å². The molecule has 0 aliphatic rings. The van der Waals surface area contributed by atoms with Gasteiger partial charge in [0, 0.05) is 25.3 Å². The van der Waals surface area contributed by atoms with Crippen LogP contribution in [0, 0.1) is 0 Å². The van der Waals surface area contributed by atoms with E-state index in [0.29, 0.717) is 5.92 Å². The lowest BCUT2D eigenvalue weighted by molar-refractivity contribution is 0.717. The third-order valence-corrected chi connectivity index (χ3v) is 2.56. The van der Waals surface area contributed by atoms with Gasteiger partial charge in [-0.05, 0) is 30.5 Å². The Morgan fingerprint density at radius 1 is 1.13 bits per heavy atom. The fraction of sp³-hybridized carbons (Fsp3) is 0.538. The Labute approximate surface area is 93.1 Å². The molecule has 0 saturated carbocycles. The van der Waals surface area contributed by atoms with Gasteiger partial charge in [0.15, 0.2) is 0 Å². The van der Waals surface area contributed by atoms with Crippen LogP contribution in [0.3, 0.4) is 0 Å². The molecule has 0 aromatic heterocycles. The maximum absolute atomic E-state index is 5.77. The van der Waals surface area contributed by atoms with Gasteiger partial charge in [-0.2, -0.15) is 0 Å². The van der Waals surface area contributed by atoms with E-state index in [1.165, 1.54) is 11.3 Å². The Kier molecular flexibility index (Phi) is 4.15. The van der Waals surface area contributed by atoms with E-state index in [-0.39, 0.29) is 6.04 Å². The maximum atomic E-state index is 5.77. The summed E-state index contributed by atoms with van der Waals surface area (Å²) in [5.41, 5.74) is 8.38.